The van der Waals surface area contributed by atoms with Gasteiger partial charge in [-0.3, -0.25) is 0 Å². The van der Waals surface area contributed by atoms with Gasteiger partial charge in [-0.05, 0) is 0 Å². The summed E-state index contributed by atoms with van der Waals surface area (Å²) in [6, 6.07) is 3.95. The summed E-state index contributed by atoms with van der Waals surface area (Å²) >= 11 is 0. The molecule has 1 aromatic heterocycles. The van der Waals surface area contributed by atoms with Crippen LogP contribution in [0.4, 0.5) is 0 Å². The van der Waals surface area contributed by atoms with Gasteiger partial charge in [0.05, 0.1) is 0 Å². The van der Waals surface area contributed by atoms with E-state index < -0.39 is 0 Å². The molecule has 0 spiro atoms. The second kappa shape index (κ2) is 4.60. The number of hydrogen-bond donors (Lipinski definition) is 0. The summed E-state index contributed by atoms with van der Waals surface area (Å²) in [5, 5.41) is 0. The van der Waals surface area contributed by atoms with E-state index in [0.717, 1.165) is 6.42 Å². The Morgan fingerprint density at radius 2 is 2.44 bits per heavy atom. The summed E-state index contributed by atoms with van der Waals surface area (Å²) in [6.07, 6.45) is 5.62. The zero-order chi connectivity index (χ0) is 5.82. The summed E-state index contributed by atoms with van der Waals surface area (Å²) in [4.78, 5) is 3.83. The van der Waals surface area contributed by atoms with Gasteiger partial charge in [-0.25, -0.2) is 0 Å². The fraction of sp³-hybridized carbons (Fsp3) is 0.286. The van der Waals surface area contributed by atoms with Crippen LogP contribution in [0.5, 0.6) is 0 Å². The summed E-state index contributed by atoms with van der Waals surface area (Å²) in [7, 11) is 0. The van der Waals surface area contributed by atoms with E-state index in [1.807, 2.05) is 12.1 Å². The smallest absolute Gasteiger partial charge is 0 e. The normalized spacial score (nSPS) is 8.11. The number of pyridine rings is 1. The Labute approximate surface area is 67.4 Å². The summed E-state index contributed by atoms with van der Waals surface area (Å²) in [5.41, 5.74) is 1.17. The Kier molecular flexibility index (Phi) is 4.46. The van der Waals surface area contributed by atoms with E-state index in [0.29, 0.717) is 0 Å². The van der Waals surface area contributed by atoms with E-state index in [9.17, 15) is 0 Å². The molecule has 1 heterocycles. The van der Waals surface area contributed by atoms with Crippen molar-refractivity contribution in [2.75, 3.05) is 0 Å². The van der Waals surface area contributed by atoms with Crippen LogP contribution in [-0.2, 0) is 25.0 Å². The maximum absolute atomic E-state index is 3.83. The molecule has 0 aliphatic carbocycles. The molecule has 0 fully saturated rings. The molecule has 0 N–H and O–H groups in total. The first-order valence-electron chi connectivity index (χ1n) is 2.75. The Hall–Kier alpha value is -0.266. The van der Waals surface area contributed by atoms with Gasteiger partial charge in [0.2, 0.25) is 0 Å². The van der Waals surface area contributed by atoms with Gasteiger partial charge in [-0.2, -0.15) is 12.1 Å². The molecule has 0 bridgehead atoms. The maximum Gasteiger partial charge on any atom is 0 e. The molecule has 0 saturated carbocycles. The predicted molar refractivity (Wildman–Crippen MR) is 32.5 cm³/mol. The number of aryl methyl sites for hydroxylation is 1. The van der Waals surface area contributed by atoms with Gasteiger partial charge in [-0.15, -0.1) is 5.56 Å². The molecular weight excluding hydrogens is 149 g/mol. The van der Waals surface area contributed by atoms with Crippen molar-refractivity contribution in [3.63, 3.8) is 0 Å². The molecular formula is C7H8NV-. The van der Waals surface area contributed by atoms with Crippen molar-refractivity contribution >= 4 is 0 Å². The molecule has 0 aliphatic heterocycles. The molecule has 1 rings (SSSR count). The molecule has 47 valence electrons. The quantitative estimate of drug-likeness (QED) is 0.562. The van der Waals surface area contributed by atoms with Crippen LogP contribution in [0.25, 0.3) is 0 Å². The molecule has 0 aliphatic rings. The third-order valence-corrected chi connectivity index (χ3v) is 1.05. The largest absolute Gasteiger partial charge is 0.394 e. The van der Waals surface area contributed by atoms with Crippen molar-refractivity contribution in [3.8, 4) is 0 Å². The number of hydrogen-bond acceptors (Lipinski definition) is 1. The molecule has 9 heavy (non-hydrogen) atoms. The van der Waals surface area contributed by atoms with E-state index in [2.05, 4.69) is 18.1 Å². The third-order valence-electron chi connectivity index (χ3n) is 1.05. The van der Waals surface area contributed by atoms with E-state index in [1.54, 1.807) is 6.20 Å². The van der Waals surface area contributed by atoms with Crippen LogP contribution in [0.1, 0.15) is 12.5 Å². The van der Waals surface area contributed by atoms with E-state index in [4.69, 9.17) is 0 Å². The molecule has 0 atom stereocenters. The maximum atomic E-state index is 3.83. The van der Waals surface area contributed by atoms with Gasteiger partial charge in [0, 0.05) is 18.6 Å². The first-order valence-corrected chi connectivity index (χ1v) is 2.75. The Balaban J connectivity index is 0.000000640. The third kappa shape index (κ3) is 2.68. The van der Waals surface area contributed by atoms with E-state index >= 15 is 0 Å². The zero-order valence-corrected chi connectivity index (χ0v) is 6.73. The van der Waals surface area contributed by atoms with Gasteiger partial charge in [0.15, 0.2) is 0 Å². The molecule has 1 radical (unpaired) electrons. The Bertz CT molecular complexity index is 150. The molecule has 1 aromatic rings. The SMILES string of the molecule is CCc1[c-]nccc1.[V]. The number of aromatic nitrogens is 1. The minimum atomic E-state index is 0. The average Bonchev–Trinajstić information content (AvgIpc) is 1.90. The van der Waals surface area contributed by atoms with Gasteiger partial charge in [-0.1, -0.05) is 25.7 Å². The van der Waals surface area contributed by atoms with Crippen LogP contribution in [-0.4, -0.2) is 4.98 Å². The van der Waals surface area contributed by atoms with Gasteiger partial charge >= 0.3 is 0 Å². The average molecular weight is 157 g/mol. The van der Waals surface area contributed by atoms with Gasteiger partial charge < -0.3 is 4.98 Å². The van der Waals surface area contributed by atoms with Crippen LogP contribution >= 0.6 is 0 Å². The van der Waals surface area contributed by atoms with E-state index in [-0.39, 0.29) is 18.6 Å². The van der Waals surface area contributed by atoms with Crippen molar-refractivity contribution in [2.24, 2.45) is 0 Å². The topological polar surface area (TPSA) is 12.9 Å². The number of rotatable bonds is 1. The molecule has 0 unspecified atom stereocenters. The predicted octanol–water partition coefficient (Wildman–Crippen LogP) is 1.44. The molecule has 0 aromatic carbocycles. The van der Waals surface area contributed by atoms with Crippen LogP contribution < -0.4 is 0 Å². The molecule has 2 heteroatoms. The van der Waals surface area contributed by atoms with Crippen molar-refractivity contribution in [3.05, 3.63) is 30.1 Å². The van der Waals surface area contributed by atoms with Crippen molar-refractivity contribution in [1.82, 2.24) is 4.98 Å². The second-order valence-corrected chi connectivity index (χ2v) is 1.63. The summed E-state index contributed by atoms with van der Waals surface area (Å²) < 4.78 is 0. The molecule has 1 nitrogen and oxygen atoms in total. The van der Waals surface area contributed by atoms with Crippen LogP contribution in [0.2, 0.25) is 0 Å². The fourth-order valence-electron chi connectivity index (χ4n) is 0.557. The first-order chi connectivity index (χ1) is 3.93. The van der Waals surface area contributed by atoms with Crippen LogP contribution in [0, 0.1) is 6.20 Å². The minimum Gasteiger partial charge on any atom is -0.394 e. The fourth-order valence-corrected chi connectivity index (χ4v) is 0.557. The Morgan fingerprint density at radius 1 is 1.67 bits per heavy atom. The van der Waals surface area contributed by atoms with Crippen molar-refractivity contribution < 1.29 is 18.6 Å². The molecule has 0 saturated heterocycles. The standard InChI is InChI=1S/C7H8N.V/c1-2-7-4-3-5-8-6-7;/h3-5H,2H2,1H3;/q-1;. The second-order valence-electron chi connectivity index (χ2n) is 1.63. The monoisotopic (exact) mass is 157 g/mol. The Morgan fingerprint density at radius 3 is 2.78 bits per heavy atom. The van der Waals surface area contributed by atoms with Crippen LogP contribution in [0.3, 0.4) is 0 Å². The molecule has 0 amide bonds. The van der Waals surface area contributed by atoms with Crippen molar-refractivity contribution in [1.29, 1.82) is 0 Å². The minimum absolute atomic E-state index is 0. The summed E-state index contributed by atoms with van der Waals surface area (Å²) in [5.74, 6) is 0. The van der Waals surface area contributed by atoms with Gasteiger partial charge in [0.1, 0.15) is 0 Å². The van der Waals surface area contributed by atoms with Gasteiger partial charge in [0.25, 0.3) is 0 Å². The first kappa shape index (κ1) is 8.73. The number of nitrogens with zero attached hydrogens (tertiary/aromatic N) is 1. The van der Waals surface area contributed by atoms with E-state index in [1.165, 1.54) is 5.56 Å². The summed E-state index contributed by atoms with van der Waals surface area (Å²) in [6.45, 7) is 2.09. The zero-order valence-electron chi connectivity index (χ0n) is 5.33. The van der Waals surface area contributed by atoms with Crippen LogP contribution in [0.15, 0.2) is 18.3 Å². The van der Waals surface area contributed by atoms with Crippen molar-refractivity contribution in [2.45, 2.75) is 13.3 Å².